The number of nitriles is 1. The van der Waals surface area contributed by atoms with E-state index in [9.17, 15) is 4.79 Å². The number of para-hydroxylation sites is 1. The largest absolute Gasteiger partial charge is 0.494 e. The molecule has 0 unspecified atom stereocenters. The summed E-state index contributed by atoms with van der Waals surface area (Å²) in [5.74, 6) is 0.391. The van der Waals surface area contributed by atoms with Gasteiger partial charge in [0.1, 0.15) is 17.5 Å². The topological polar surface area (TPSA) is 62.4 Å². The number of benzene rings is 1. The number of ether oxygens (including phenoxy) is 1. The molecule has 0 atom stereocenters. The van der Waals surface area contributed by atoms with Crippen LogP contribution in [-0.2, 0) is 4.79 Å². The van der Waals surface area contributed by atoms with Crippen molar-refractivity contribution in [2.24, 2.45) is 4.99 Å². The van der Waals surface area contributed by atoms with Gasteiger partial charge in [-0.15, -0.1) is 0 Å². The summed E-state index contributed by atoms with van der Waals surface area (Å²) < 4.78 is 4.92. The number of hydrogen-bond acceptors (Lipinski definition) is 4. The molecule has 0 heterocycles. The molecule has 0 aliphatic rings. The van der Waals surface area contributed by atoms with Gasteiger partial charge in [-0.1, -0.05) is 6.07 Å². The van der Waals surface area contributed by atoms with Crippen LogP contribution in [0.4, 0.5) is 5.69 Å². The summed E-state index contributed by atoms with van der Waals surface area (Å²) in [5.41, 5.74) is 0.519. The molecule has 1 aromatic carbocycles. The third kappa shape index (κ3) is 1.73. The summed E-state index contributed by atoms with van der Waals surface area (Å²) in [6.45, 7) is 0. The highest BCUT2D eigenvalue weighted by Gasteiger charge is 2.06. The second kappa shape index (κ2) is 4.05. The lowest BCUT2D eigenvalue weighted by molar-refractivity contribution is 0.416. The smallest absolute Gasteiger partial charge is 0.240 e. The van der Waals surface area contributed by atoms with Gasteiger partial charge in [0.05, 0.1) is 12.7 Å². The number of methoxy groups -OCH3 is 1. The highest BCUT2D eigenvalue weighted by Crippen LogP contribution is 2.29. The van der Waals surface area contributed by atoms with Crippen molar-refractivity contribution in [1.29, 1.82) is 5.26 Å². The molecule has 13 heavy (non-hydrogen) atoms. The first kappa shape index (κ1) is 8.98. The fourth-order valence-corrected chi connectivity index (χ4v) is 0.938. The van der Waals surface area contributed by atoms with Gasteiger partial charge in [-0.05, 0) is 12.1 Å². The van der Waals surface area contributed by atoms with E-state index < -0.39 is 0 Å². The van der Waals surface area contributed by atoms with E-state index in [1.54, 1.807) is 18.2 Å². The van der Waals surface area contributed by atoms with E-state index in [4.69, 9.17) is 10.00 Å². The molecule has 0 aromatic heterocycles. The van der Waals surface area contributed by atoms with Crippen LogP contribution in [0.5, 0.6) is 5.75 Å². The predicted octanol–water partition coefficient (Wildman–Crippen LogP) is 1.53. The van der Waals surface area contributed by atoms with Gasteiger partial charge in [0.25, 0.3) is 0 Å². The molecule has 4 heteroatoms. The normalized spacial score (nSPS) is 8.31. The molecule has 0 fully saturated rings. The van der Waals surface area contributed by atoms with Gasteiger partial charge in [-0.2, -0.15) is 10.3 Å². The monoisotopic (exact) mass is 174 g/mol. The lowest BCUT2D eigenvalue weighted by Crippen LogP contribution is -1.85. The van der Waals surface area contributed by atoms with Crippen LogP contribution in [0, 0.1) is 11.3 Å². The maximum Gasteiger partial charge on any atom is 0.240 e. The second-order valence-corrected chi connectivity index (χ2v) is 2.17. The van der Waals surface area contributed by atoms with E-state index in [-0.39, 0.29) is 5.69 Å². The zero-order chi connectivity index (χ0) is 9.68. The van der Waals surface area contributed by atoms with Gasteiger partial charge < -0.3 is 4.74 Å². The summed E-state index contributed by atoms with van der Waals surface area (Å²) in [6, 6.07) is 6.73. The average molecular weight is 174 g/mol. The number of rotatable bonds is 2. The molecule has 0 saturated carbocycles. The molecule has 1 aromatic rings. The van der Waals surface area contributed by atoms with E-state index in [1.165, 1.54) is 13.2 Å². The molecule has 0 saturated heterocycles. The van der Waals surface area contributed by atoms with Gasteiger partial charge in [-0.3, -0.25) is 0 Å². The average Bonchev–Trinajstić information content (AvgIpc) is 2.18. The fourth-order valence-electron chi connectivity index (χ4n) is 0.938. The van der Waals surface area contributed by atoms with E-state index in [2.05, 4.69) is 4.99 Å². The Bertz CT molecular complexity index is 401. The van der Waals surface area contributed by atoms with Crippen molar-refractivity contribution in [3.8, 4) is 11.8 Å². The predicted molar refractivity (Wildman–Crippen MR) is 45.5 cm³/mol. The van der Waals surface area contributed by atoms with Crippen molar-refractivity contribution in [2.75, 3.05) is 7.11 Å². The van der Waals surface area contributed by atoms with Gasteiger partial charge in [0.2, 0.25) is 6.08 Å². The summed E-state index contributed by atoms with van der Waals surface area (Å²) >= 11 is 0. The Balaban J connectivity index is 3.40. The number of hydrogen-bond donors (Lipinski definition) is 0. The van der Waals surface area contributed by atoms with Crippen LogP contribution in [0.1, 0.15) is 5.56 Å². The van der Waals surface area contributed by atoms with E-state index in [0.29, 0.717) is 11.3 Å². The minimum absolute atomic E-state index is 0.225. The molecule has 4 nitrogen and oxygen atoms in total. The summed E-state index contributed by atoms with van der Waals surface area (Å²) in [7, 11) is 1.44. The maximum atomic E-state index is 10.1. The number of carbonyl (C=O) groups excluding carboxylic acids is 1. The minimum atomic E-state index is 0.225. The Morgan fingerprint density at radius 2 is 2.31 bits per heavy atom. The third-order valence-corrected chi connectivity index (χ3v) is 1.50. The van der Waals surface area contributed by atoms with Crippen molar-refractivity contribution in [3.63, 3.8) is 0 Å². The quantitative estimate of drug-likeness (QED) is 0.504. The Hall–Kier alpha value is -2.11. The summed E-state index contributed by atoms with van der Waals surface area (Å²) in [6.07, 6.45) is 1.38. The highest BCUT2D eigenvalue weighted by atomic mass is 16.5. The van der Waals surface area contributed by atoms with E-state index >= 15 is 0 Å². The van der Waals surface area contributed by atoms with Gasteiger partial charge >= 0.3 is 0 Å². The fraction of sp³-hybridized carbons (Fsp3) is 0.111. The summed E-state index contributed by atoms with van der Waals surface area (Å²) in [4.78, 5) is 13.4. The molecule has 0 amide bonds. The van der Waals surface area contributed by atoms with Crippen molar-refractivity contribution in [3.05, 3.63) is 23.8 Å². The van der Waals surface area contributed by atoms with Crippen molar-refractivity contribution in [2.45, 2.75) is 0 Å². The van der Waals surface area contributed by atoms with Crippen LogP contribution in [0.3, 0.4) is 0 Å². The van der Waals surface area contributed by atoms with Crippen molar-refractivity contribution < 1.29 is 9.53 Å². The van der Waals surface area contributed by atoms with E-state index in [1.807, 2.05) is 6.07 Å². The molecular weight excluding hydrogens is 168 g/mol. The lowest BCUT2D eigenvalue weighted by atomic mass is 10.2. The molecule has 0 aliphatic carbocycles. The van der Waals surface area contributed by atoms with Gasteiger partial charge in [-0.25, -0.2) is 4.79 Å². The van der Waals surface area contributed by atoms with Crippen LogP contribution in [0.15, 0.2) is 23.2 Å². The van der Waals surface area contributed by atoms with Gasteiger partial charge in [0.15, 0.2) is 0 Å². The Morgan fingerprint density at radius 1 is 1.54 bits per heavy atom. The Kier molecular flexibility index (Phi) is 2.80. The third-order valence-electron chi connectivity index (χ3n) is 1.50. The van der Waals surface area contributed by atoms with E-state index in [0.717, 1.165) is 0 Å². The van der Waals surface area contributed by atoms with Crippen molar-refractivity contribution >= 4 is 11.8 Å². The molecule has 0 bridgehead atoms. The molecule has 0 aliphatic heterocycles. The lowest BCUT2D eigenvalue weighted by Gasteiger charge is -2.02. The maximum absolute atomic E-state index is 10.1. The van der Waals surface area contributed by atoms with Crippen LogP contribution in [0.2, 0.25) is 0 Å². The summed E-state index contributed by atoms with van der Waals surface area (Å²) in [5, 5.41) is 8.67. The number of nitrogens with zero attached hydrogens (tertiary/aromatic N) is 2. The molecule has 1 rings (SSSR count). The zero-order valence-electron chi connectivity index (χ0n) is 6.94. The second-order valence-electron chi connectivity index (χ2n) is 2.17. The zero-order valence-corrected chi connectivity index (χ0v) is 6.94. The molecule has 0 radical (unpaired) electrons. The first-order valence-corrected chi connectivity index (χ1v) is 3.48. The van der Waals surface area contributed by atoms with Crippen LogP contribution in [-0.4, -0.2) is 13.2 Å². The first-order chi connectivity index (χ1) is 6.33. The first-order valence-electron chi connectivity index (χ1n) is 3.48. The highest BCUT2D eigenvalue weighted by molar-refractivity contribution is 5.66. The molecular formula is C9H6N2O2. The molecule has 64 valence electrons. The number of aliphatic imine (C=N–C) groups is 1. The van der Waals surface area contributed by atoms with Crippen LogP contribution >= 0.6 is 0 Å². The molecule has 0 spiro atoms. The Labute approximate surface area is 75.1 Å². The van der Waals surface area contributed by atoms with Crippen LogP contribution in [0.25, 0.3) is 0 Å². The standard InChI is InChI=1S/C9H6N2O2/c1-13-8-4-2-3-7(5-10)9(8)11-6-12/h2-4H,1H3. The van der Waals surface area contributed by atoms with Crippen LogP contribution < -0.4 is 4.74 Å². The Morgan fingerprint density at radius 3 is 2.85 bits per heavy atom. The molecule has 0 N–H and O–H groups in total. The minimum Gasteiger partial charge on any atom is -0.494 e. The van der Waals surface area contributed by atoms with Crippen molar-refractivity contribution in [1.82, 2.24) is 0 Å². The number of isocyanates is 1. The van der Waals surface area contributed by atoms with Gasteiger partial charge in [0, 0.05) is 0 Å². The SMILES string of the molecule is COc1cccc(C#N)c1N=C=O.